The molecule has 1 saturated heterocycles. The lowest BCUT2D eigenvalue weighted by molar-refractivity contribution is -0.138. The molecular formula is C15H22N2O2S. The minimum absolute atomic E-state index is 0.318. The van der Waals surface area contributed by atoms with Crippen LogP contribution in [-0.4, -0.2) is 30.1 Å². The number of hydrogen-bond donors (Lipinski definition) is 1. The Morgan fingerprint density at radius 1 is 1.50 bits per heavy atom. The van der Waals surface area contributed by atoms with E-state index < -0.39 is 0 Å². The van der Waals surface area contributed by atoms with Crippen LogP contribution in [0.15, 0.2) is 5.38 Å². The number of carbonyl (C=O) groups is 1. The summed E-state index contributed by atoms with van der Waals surface area (Å²) in [6.07, 6.45) is 7.66. The second kappa shape index (κ2) is 8.03. The maximum absolute atomic E-state index is 9.60. The van der Waals surface area contributed by atoms with Crippen molar-refractivity contribution in [2.24, 2.45) is 0 Å². The largest absolute Gasteiger partial charge is 0.462 e. The van der Waals surface area contributed by atoms with Gasteiger partial charge in [0.25, 0.3) is 6.47 Å². The van der Waals surface area contributed by atoms with Gasteiger partial charge in [0.05, 0.1) is 5.01 Å². The molecule has 0 radical (unpaired) electrons. The highest BCUT2D eigenvalue weighted by atomic mass is 32.1. The Morgan fingerprint density at radius 2 is 2.15 bits per heavy atom. The molecular weight excluding hydrogens is 272 g/mol. The second-order valence-corrected chi connectivity index (χ2v) is 6.46. The van der Waals surface area contributed by atoms with Crippen molar-refractivity contribution >= 4 is 17.8 Å². The van der Waals surface area contributed by atoms with Crippen LogP contribution in [0.2, 0.25) is 0 Å². The molecule has 0 amide bonds. The number of piperidine rings is 1. The Bertz CT molecular complexity index is 451. The van der Waals surface area contributed by atoms with Crippen LogP contribution in [0.25, 0.3) is 0 Å². The number of nitrogens with one attached hydrogen (secondary N) is 1. The molecule has 0 spiro atoms. The Balaban J connectivity index is 0.000000246. The SMILES string of the molecule is C#Cc1csc(C2CCNCC2)n1.CC(C)(C)OC=O. The molecule has 0 atom stereocenters. The Kier molecular flexibility index (Phi) is 6.69. The fourth-order valence-corrected chi connectivity index (χ4v) is 2.69. The van der Waals surface area contributed by atoms with Gasteiger partial charge in [0.1, 0.15) is 11.3 Å². The van der Waals surface area contributed by atoms with Crippen molar-refractivity contribution in [3.63, 3.8) is 0 Å². The fraction of sp³-hybridized carbons (Fsp3) is 0.600. The highest BCUT2D eigenvalue weighted by Gasteiger charge is 2.17. The first-order chi connectivity index (χ1) is 9.46. The summed E-state index contributed by atoms with van der Waals surface area (Å²) in [5, 5.41) is 6.53. The van der Waals surface area contributed by atoms with Crippen molar-refractivity contribution in [1.29, 1.82) is 0 Å². The summed E-state index contributed by atoms with van der Waals surface area (Å²) in [5.74, 6) is 3.20. The van der Waals surface area contributed by atoms with E-state index in [0.717, 1.165) is 18.8 Å². The van der Waals surface area contributed by atoms with E-state index in [4.69, 9.17) is 6.42 Å². The van der Waals surface area contributed by atoms with Gasteiger partial charge in [-0.05, 0) is 52.6 Å². The summed E-state index contributed by atoms with van der Waals surface area (Å²) >= 11 is 1.70. The number of nitrogens with zero attached hydrogens (tertiary/aromatic N) is 1. The Labute approximate surface area is 124 Å². The van der Waals surface area contributed by atoms with Crippen LogP contribution in [0.3, 0.4) is 0 Å². The van der Waals surface area contributed by atoms with Gasteiger partial charge in [-0.2, -0.15) is 0 Å². The smallest absolute Gasteiger partial charge is 0.293 e. The maximum Gasteiger partial charge on any atom is 0.293 e. The minimum atomic E-state index is -0.318. The summed E-state index contributed by atoms with van der Waals surface area (Å²) in [6.45, 7) is 8.13. The van der Waals surface area contributed by atoms with Gasteiger partial charge in [0, 0.05) is 11.3 Å². The van der Waals surface area contributed by atoms with Crippen molar-refractivity contribution in [2.75, 3.05) is 13.1 Å². The molecule has 0 unspecified atom stereocenters. The van der Waals surface area contributed by atoms with Crippen LogP contribution in [-0.2, 0) is 9.53 Å². The van der Waals surface area contributed by atoms with Gasteiger partial charge in [-0.15, -0.1) is 17.8 Å². The van der Waals surface area contributed by atoms with Gasteiger partial charge in [-0.1, -0.05) is 0 Å². The lowest BCUT2D eigenvalue weighted by Gasteiger charge is -2.20. The molecule has 20 heavy (non-hydrogen) atoms. The number of thiazole rings is 1. The van der Waals surface area contributed by atoms with E-state index in [0.29, 0.717) is 12.4 Å². The number of ether oxygens (including phenoxy) is 1. The third kappa shape index (κ3) is 6.18. The Morgan fingerprint density at radius 3 is 2.55 bits per heavy atom. The molecule has 0 aromatic carbocycles. The van der Waals surface area contributed by atoms with Crippen molar-refractivity contribution in [3.05, 3.63) is 16.1 Å². The zero-order chi connectivity index (χ0) is 15.0. The maximum atomic E-state index is 9.60. The first-order valence-corrected chi connectivity index (χ1v) is 7.58. The number of rotatable bonds is 2. The Hall–Kier alpha value is -1.38. The van der Waals surface area contributed by atoms with Crippen molar-refractivity contribution in [2.45, 2.75) is 45.1 Å². The number of terminal acetylenes is 1. The minimum Gasteiger partial charge on any atom is -0.462 e. The molecule has 0 aliphatic carbocycles. The lowest BCUT2D eigenvalue weighted by Crippen LogP contribution is -2.26. The summed E-state index contributed by atoms with van der Waals surface area (Å²) in [4.78, 5) is 14.0. The average molecular weight is 294 g/mol. The first kappa shape index (κ1) is 16.7. The summed E-state index contributed by atoms with van der Waals surface area (Å²) in [7, 11) is 0. The number of hydrogen-bond acceptors (Lipinski definition) is 5. The fourth-order valence-electron chi connectivity index (χ4n) is 1.75. The van der Waals surface area contributed by atoms with Gasteiger partial charge < -0.3 is 10.1 Å². The third-order valence-electron chi connectivity index (χ3n) is 2.76. The summed E-state index contributed by atoms with van der Waals surface area (Å²) < 4.78 is 4.55. The molecule has 4 nitrogen and oxygen atoms in total. The van der Waals surface area contributed by atoms with Crippen molar-refractivity contribution in [1.82, 2.24) is 10.3 Å². The predicted octanol–water partition coefficient (Wildman–Crippen LogP) is 2.55. The molecule has 5 heteroatoms. The predicted molar refractivity (Wildman–Crippen MR) is 81.8 cm³/mol. The highest BCUT2D eigenvalue weighted by molar-refractivity contribution is 7.09. The summed E-state index contributed by atoms with van der Waals surface area (Å²) in [5.41, 5.74) is 0.473. The van der Waals surface area contributed by atoms with Crippen LogP contribution in [0.4, 0.5) is 0 Å². The molecule has 1 aliphatic rings. The standard InChI is InChI=1S/C10H12N2S.C5H10O2/c1-2-9-7-13-10(12-9)8-3-5-11-6-4-8;1-5(2,3)7-4-6/h1,7-8,11H,3-6H2;4H,1-3H3. The zero-order valence-electron chi connectivity index (χ0n) is 12.3. The van der Waals surface area contributed by atoms with E-state index in [9.17, 15) is 4.79 Å². The molecule has 110 valence electrons. The molecule has 0 bridgehead atoms. The van der Waals surface area contributed by atoms with Crippen LogP contribution in [0, 0.1) is 12.3 Å². The van der Waals surface area contributed by atoms with E-state index in [2.05, 4.69) is 21.0 Å². The summed E-state index contributed by atoms with van der Waals surface area (Å²) in [6, 6.07) is 0. The van der Waals surface area contributed by atoms with Gasteiger partial charge in [-0.25, -0.2) is 4.98 Å². The molecule has 1 fully saturated rings. The van der Waals surface area contributed by atoms with Crippen molar-refractivity contribution in [3.8, 4) is 12.3 Å². The molecule has 2 rings (SSSR count). The average Bonchev–Trinajstić information content (AvgIpc) is 2.88. The highest BCUT2D eigenvalue weighted by Crippen LogP contribution is 2.27. The molecule has 1 aromatic heterocycles. The van der Waals surface area contributed by atoms with Crippen LogP contribution < -0.4 is 5.32 Å². The van der Waals surface area contributed by atoms with Gasteiger partial charge in [-0.3, -0.25) is 4.79 Å². The number of carbonyl (C=O) groups excluding carboxylic acids is 1. The van der Waals surface area contributed by atoms with Crippen LogP contribution in [0.5, 0.6) is 0 Å². The van der Waals surface area contributed by atoms with E-state index in [1.54, 1.807) is 11.3 Å². The van der Waals surface area contributed by atoms with Gasteiger partial charge in [0.2, 0.25) is 0 Å². The lowest BCUT2D eigenvalue weighted by atomic mass is 9.99. The van der Waals surface area contributed by atoms with Crippen LogP contribution >= 0.6 is 11.3 Å². The molecule has 1 aromatic rings. The monoisotopic (exact) mass is 294 g/mol. The first-order valence-electron chi connectivity index (χ1n) is 6.70. The molecule has 1 aliphatic heterocycles. The van der Waals surface area contributed by atoms with E-state index >= 15 is 0 Å². The molecule has 1 N–H and O–H groups in total. The quantitative estimate of drug-likeness (QED) is 0.673. The second-order valence-electron chi connectivity index (χ2n) is 5.57. The van der Waals surface area contributed by atoms with Gasteiger partial charge in [0.15, 0.2) is 0 Å². The third-order valence-corrected chi connectivity index (χ3v) is 3.77. The van der Waals surface area contributed by atoms with Crippen molar-refractivity contribution < 1.29 is 9.53 Å². The molecule has 2 heterocycles. The molecule has 0 saturated carbocycles. The van der Waals surface area contributed by atoms with E-state index in [-0.39, 0.29) is 5.60 Å². The van der Waals surface area contributed by atoms with E-state index in [1.807, 2.05) is 26.2 Å². The van der Waals surface area contributed by atoms with E-state index in [1.165, 1.54) is 17.8 Å². The normalized spacial score (nSPS) is 15.7. The van der Waals surface area contributed by atoms with Gasteiger partial charge >= 0.3 is 0 Å². The van der Waals surface area contributed by atoms with Crippen LogP contribution in [0.1, 0.15) is 50.2 Å². The zero-order valence-corrected chi connectivity index (χ0v) is 13.1. The number of aromatic nitrogens is 1. The topological polar surface area (TPSA) is 51.2 Å².